The van der Waals surface area contributed by atoms with Crippen LogP contribution in [0.2, 0.25) is 0 Å². The van der Waals surface area contributed by atoms with Crippen LogP contribution >= 0.6 is 0 Å². The van der Waals surface area contributed by atoms with Crippen LogP contribution in [0.25, 0.3) is 10.9 Å². The number of rotatable bonds is 2. The highest BCUT2D eigenvalue weighted by molar-refractivity contribution is 5.88. The van der Waals surface area contributed by atoms with Gasteiger partial charge in [0, 0.05) is 18.1 Å². The standard InChI is InChI=1S/C13H18N2/c1-9-5-4-6-12-11(7-8-14)10(2)15(3)13(9)12/h4-6H,7-8,14H2,1-3H3. The van der Waals surface area contributed by atoms with Crippen molar-refractivity contribution in [3.63, 3.8) is 0 Å². The first-order valence-corrected chi connectivity index (χ1v) is 5.40. The lowest BCUT2D eigenvalue weighted by atomic mass is 10.1. The van der Waals surface area contributed by atoms with Gasteiger partial charge in [0.05, 0.1) is 5.52 Å². The third-order valence-corrected chi connectivity index (χ3v) is 3.23. The summed E-state index contributed by atoms with van der Waals surface area (Å²) in [4.78, 5) is 0. The molecule has 2 N–H and O–H groups in total. The average molecular weight is 202 g/mol. The molecule has 0 saturated heterocycles. The zero-order valence-corrected chi connectivity index (χ0v) is 9.67. The van der Waals surface area contributed by atoms with Gasteiger partial charge < -0.3 is 10.3 Å². The van der Waals surface area contributed by atoms with Crippen molar-refractivity contribution in [3.8, 4) is 0 Å². The summed E-state index contributed by atoms with van der Waals surface area (Å²) in [5, 5.41) is 1.36. The van der Waals surface area contributed by atoms with Gasteiger partial charge in [-0.25, -0.2) is 0 Å². The second-order valence-electron chi connectivity index (χ2n) is 4.13. The van der Waals surface area contributed by atoms with Gasteiger partial charge in [-0.15, -0.1) is 0 Å². The molecule has 0 fully saturated rings. The van der Waals surface area contributed by atoms with Crippen molar-refractivity contribution >= 4 is 10.9 Å². The molecular weight excluding hydrogens is 184 g/mol. The van der Waals surface area contributed by atoms with Crippen molar-refractivity contribution in [3.05, 3.63) is 35.0 Å². The highest BCUT2D eigenvalue weighted by atomic mass is 14.9. The number of nitrogens with two attached hydrogens (primary N) is 1. The molecule has 2 rings (SSSR count). The SMILES string of the molecule is Cc1cccc2c(CCN)c(C)n(C)c12. The van der Waals surface area contributed by atoms with Crippen LogP contribution in [0.5, 0.6) is 0 Å². The summed E-state index contributed by atoms with van der Waals surface area (Å²) in [5.74, 6) is 0. The van der Waals surface area contributed by atoms with Gasteiger partial charge in [0.25, 0.3) is 0 Å². The van der Waals surface area contributed by atoms with Crippen LogP contribution in [0.1, 0.15) is 16.8 Å². The first kappa shape index (κ1) is 10.2. The van der Waals surface area contributed by atoms with Gasteiger partial charge in [-0.05, 0) is 37.9 Å². The summed E-state index contributed by atoms with van der Waals surface area (Å²) < 4.78 is 2.27. The number of hydrogen-bond acceptors (Lipinski definition) is 1. The number of aromatic nitrogens is 1. The molecule has 2 aromatic rings. The molecule has 0 aliphatic rings. The summed E-state index contributed by atoms with van der Waals surface area (Å²) >= 11 is 0. The third-order valence-electron chi connectivity index (χ3n) is 3.23. The molecule has 0 aliphatic heterocycles. The Hall–Kier alpha value is -1.28. The Labute approximate surface area is 90.7 Å². The van der Waals surface area contributed by atoms with Crippen LogP contribution in [-0.2, 0) is 13.5 Å². The lowest BCUT2D eigenvalue weighted by molar-refractivity contribution is 0.880. The minimum absolute atomic E-state index is 0.716. The zero-order valence-electron chi connectivity index (χ0n) is 9.67. The Kier molecular flexibility index (Phi) is 2.53. The van der Waals surface area contributed by atoms with Crippen molar-refractivity contribution in [1.29, 1.82) is 0 Å². The fourth-order valence-electron chi connectivity index (χ4n) is 2.37. The van der Waals surface area contributed by atoms with Crippen molar-refractivity contribution < 1.29 is 0 Å². The normalized spacial score (nSPS) is 11.2. The molecule has 0 atom stereocenters. The van der Waals surface area contributed by atoms with Gasteiger partial charge in [0.1, 0.15) is 0 Å². The number of hydrogen-bond donors (Lipinski definition) is 1. The van der Waals surface area contributed by atoms with Crippen LogP contribution in [-0.4, -0.2) is 11.1 Å². The van der Waals surface area contributed by atoms with E-state index < -0.39 is 0 Å². The molecule has 1 heterocycles. The van der Waals surface area contributed by atoms with Crippen LogP contribution in [0.15, 0.2) is 18.2 Å². The summed E-state index contributed by atoms with van der Waals surface area (Å²) in [5.41, 5.74) is 11.1. The number of nitrogens with zero attached hydrogens (tertiary/aromatic N) is 1. The molecule has 1 aromatic heterocycles. The molecule has 80 valence electrons. The number of aryl methyl sites for hydroxylation is 2. The molecule has 0 radical (unpaired) electrons. The van der Waals surface area contributed by atoms with Gasteiger partial charge in [-0.2, -0.15) is 0 Å². The smallest absolute Gasteiger partial charge is 0.0512 e. The number of benzene rings is 1. The largest absolute Gasteiger partial charge is 0.347 e. The molecule has 1 aromatic carbocycles. The van der Waals surface area contributed by atoms with Gasteiger partial charge >= 0.3 is 0 Å². The van der Waals surface area contributed by atoms with Crippen LogP contribution in [0.3, 0.4) is 0 Å². The maximum absolute atomic E-state index is 5.66. The van der Waals surface area contributed by atoms with Crippen LogP contribution in [0, 0.1) is 13.8 Å². The molecule has 0 saturated carbocycles. The lowest BCUT2D eigenvalue weighted by Gasteiger charge is -2.01. The average Bonchev–Trinajstić information content (AvgIpc) is 2.45. The minimum Gasteiger partial charge on any atom is -0.347 e. The van der Waals surface area contributed by atoms with E-state index in [1.165, 1.54) is 27.7 Å². The van der Waals surface area contributed by atoms with E-state index in [0.29, 0.717) is 6.54 Å². The van der Waals surface area contributed by atoms with Crippen LogP contribution in [0.4, 0.5) is 0 Å². The molecule has 0 unspecified atom stereocenters. The Morgan fingerprint density at radius 1 is 1.27 bits per heavy atom. The third kappa shape index (κ3) is 1.45. The topological polar surface area (TPSA) is 30.9 Å². The van der Waals surface area contributed by atoms with Crippen molar-refractivity contribution in [2.75, 3.05) is 6.54 Å². The maximum atomic E-state index is 5.66. The lowest BCUT2D eigenvalue weighted by Crippen LogP contribution is -2.03. The minimum atomic E-state index is 0.716. The van der Waals surface area contributed by atoms with Gasteiger partial charge in [0.15, 0.2) is 0 Å². The van der Waals surface area contributed by atoms with E-state index >= 15 is 0 Å². The summed E-state index contributed by atoms with van der Waals surface area (Å²) in [6.45, 7) is 5.05. The van der Waals surface area contributed by atoms with E-state index in [4.69, 9.17) is 5.73 Å². The predicted molar refractivity (Wildman–Crippen MR) is 65.2 cm³/mol. The summed E-state index contributed by atoms with van der Waals surface area (Å²) in [6, 6.07) is 6.48. The van der Waals surface area contributed by atoms with Crippen LogP contribution < -0.4 is 5.73 Å². The molecule has 15 heavy (non-hydrogen) atoms. The molecule has 2 heteroatoms. The first-order valence-electron chi connectivity index (χ1n) is 5.40. The highest BCUT2D eigenvalue weighted by Gasteiger charge is 2.11. The monoisotopic (exact) mass is 202 g/mol. The fraction of sp³-hybridized carbons (Fsp3) is 0.385. The van der Waals surface area contributed by atoms with E-state index in [1.54, 1.807) is 0 Å². The van der Waals surface area contributed by atoms with Gasteiger partial charge in [-0.1, -0.05) is 18.2 Å². The van der Waals surface area contributed by atoms with E-state index in [0.717, 1.165) is 6.42 Å². The highest BCUT2D eigenvalue weighted by Crippen LogP contribution is 2.27. The number of fused-ring (bicyclic) bond motifs is 1. The first-order chi connectivity index (χ1) is 7.16. The second kappa shape index (κ2) is 3.70. The summed E-state index contributed by atoms with van der Waals surface area (Å²) in [6.07, 6.45) is 0.965. The molecule has 0 aliphatic carbocycles. The Morgan fingerprint density at radius 3 is 2.67 bits per heavy atom. The Bertz CT molecular complexity index is 495. The molecule has 0 spiro atoms. The molecule has 0 amide bonds. The van der Waals surface area contributed by atoms with Crippen molar-refractivity contribution in [2.45, 2.75) is 20.3 Å². The number of para-hydroxylation sites is 1. The Balaban J connectivity index is 2.81. The Morgan fingerprint density at radius 2 is 2.00 bits per heavy atom. The maximum Gasteiger partial charge on any atom is 0.0512 e. The second-order valence-corrected chi connectivity index (χ2v) is 4.13. The quantitative estimate of drug-likeness (QED) is 0.796. The zero-order chi connectivity index (χ0) is 11.0. The summed E-state index contributed by atoms with van der Waals surface area (Å²) in [7, 11) is 2.13. The van der Waals surface area contributed by atoms with E-state index in [2.05, 4.69) is 43.7 Å². The van der Waals surface area contributed by atoms with Gasteiger partial charge in [-0.3, -0.25) is 0 Å². The molecule has 2 nitrogen and oxygen atoms in total. The van der Waals surface area contributed by atoms with Crippen molar-refractivity contribution in [2.24, 2.45) is 12.8 Å². The fourth-order valence-corrected chi connectivity index (χ4v) is 2.37. The van der Waals surface area contributed by atoms with Crippen molar-refractivity contribution in [1.82, 2.24) is 4.57 Å². The van der Waals surface area contributed by atoms with E-state index in [-0.39, 0.29) is 0 Å². The van der Waals surface area contributed by atoms with E-state index in [1.807, 2.05) is 0 Å². The predicted octanol–water partition coefficient (Wildman–Crippen LogP) is 2.30. The molecule has 0 bridgehead atoms. The van der Waals surface area contributed by atoms with E-state index in [9.17, 15) is 0 Å². The molecular formula is C13H18N2. The van der Waals surface area contributed by atoms with Gasteiger partial charge in [0.2, 0.25) is 0 Å².